The van der Waals surface area contributed by atoms with Gasteiger partial charge in [-0.15, -0.1) is 0 Å². The van der Waals surface area contributed by atoms with Gasteiger partial charge in [-0.05, 0) is 35.0 Å². The number of carbonyl (C=O) groups is 2. The Labute approximate surface area is 205 Å². The number of esters is 2. The van der Waals surface area contributed by atoms with E-state index in [9.17, 15) is 9.59 Å². The molecule has 2 heterocycles. The standard InChI is InChI=1S/C30H18N2O4/c33-27(35-25-13-5-11-23-29(25)21-9-3-1-7-19(21)17-31-23)15-16-28(34)36-26-14-6-12-24-30(26)22-10-4-2-8-20(22)18-32-24/h1-18H/b16-15-. The molecular weight excluding hydrogens is 452 g/mol. The SMILES string of the molecule is O=C(/C=C\C(=O)Oc1cccc2ncc3ccccc3c12)Oc1cccc2ncc3ccccc3c12. The summed E-state index contributed by atoms with van der Waals surface area (Å²) in [5, 5.41) is 5.18. The molecule has 6 heteroatoms. The lowest BCUT2D eigenvalue weighted by atomic mass is 10.1. The zero-order valence-electron chi connectivity index (χ0n) is 18.9. The Hall–Kier alpha value is -5.10. The van der Waals surface area contributed by atoms with Crippen LogP contribution in [0.5, 0.6) is 11.5 Å². The maximum Gasteiger partial charge on any atom is 0.336 e. The van der Waals surface area contributed by atoms with Gasteiger partial charge in [0.15, 0.2) is 0 Å². The molecule has 0 atom stereocenters. The first kappa shape index (κ1) is 21.4. The highest BCUT2D eigenvalue weighted by Crippen LogP contribution is 2.33. The maximum atomic E-state index is 12.6. The van der Waals surface area contributed by atoms with E-state index in [0.29, 0.717) is 22.5 Å². The van der Waals surface area contributed by atoms with Crippen LogP contribution < -0.4 is 9.47 Å². The lowest BCUT2D eigenvalue weighted by Gasteiger charge is -2.09. The third-order valence-corrected chi connectivity index (χ3v) is 5.93. The van der Waals surface area contributed by atoms with Gasteiger partial charge in [0.25, 0.3) is 0 Å². The lowest BCUT2D eigenvalue weighted by molar-refractivity contribution is -0.131. The van der Waals surface area contributed by atoms with E-state index in [4.69, 9.17) is 9.47 Å². The Balaban J connectivity index is 1.26. The molecule has 172 valence electrons. The maximum absolute atomic E-state index is 12.6. The van der Waals surface area contributed by atoms with Crippen molar-refractivity contribution in [1.29, 1.82) is 0 Å². The summed E-state index contributed by atoms with van der Waals surface area (Å²) in [5.74, 6) is -0.660. The van der Waals surface area contributed by atoms with Crippen LogP contribution in [-0.2, 0) is 9.59 Å². The second-order valence-corrected chi connectivity index (χ2v) is 8.17. The summed E-state index contributed by atoms with van der Waals surface area (Å²) in [6.07, 6.45) is 5.68. The van der Waals surface area contributed by atoms with E-state index in [1.165, 1.54) is 0 Å². The second-order valence-electron chi connectivity index (χ2n) is 8.17. The van der Waals surface area contributed by atoms with Crippen molar-refractivity contribution in [2.75, 3.05) is 0 Å². The number of ether oxygens (including phenoxy) is 2. The fourth-order valence-electron chi connectivity index (χ4n) is 4.34. The van der Waals surface area contributed by atoms with Gasteiger partial charge in [-0.1, -0.05) is 60.7 Å². The van der Waals surface area contributed by atoms with Gasteiger partial charge in [0.1, 0.15) is 11.5 Å². The molecule has 0 amide bonds. The van der Waals surface area contributed by atoms with Crippen LogP contribution in [0.2, 0.25) is 0 Å². The Kier molecular flexibility index (Phi) is 5.31. The normalized spacial score (nSPS) is 11.4. The number of rotatable bonds is 4. The number of hydrogen-bond acceptors (Lipinski definition) is 6. The number of fused-ring (bicyclic) bond motifs is 6. The van der Waals surface area contributed by atoms with Crippen LogP contribution in [0, 0.1) is 0 Å². The first-order valence-electron chi connectivity index (χ1n) is 11.3. The second kappa shape index (κ2) is 8.92. The average molecular weight is 470 g/mol. The fraction of sp³-hybridized carbons (Fsp3) is 0. The Morgan fingerprint density at radius 3 is 1.47 bits per heavy atom. The minimum Gasteiger partial charge on any atom is -0.423 e. The summed E-state index contributed by atoms with van der Waals surface area (Å²) in [6, 6.07) is 26.1. The summed E-state index contributed by atoms with van der Waals surface area (Å²) in [4.78, 5) is 34.1. The Morgan fingerprint density at radius 2 is 1.00 bits per heavy atom. The van der Waals surface area contributed by atoms with Crippen molar-refractivity contribution in [2.24, 2.45) is 0 Å². The van der Waals surface area contributed by atoms with Crippen molar-refractivity contribution in [3.63, 3.8) is 0 Å². The van der Waals surface area contributed by atoms with Crippen LogP contribution in [0.4, 0.5) is 0 Å². The average Bonchev–Trinajstić information content (AvgIpc) is 2.92. The lowest BCUT2D eigenvalue weighted by Crippen LogP contribution is -2.09. The summed E-state index contributed by atoms with van der Waals surface area (Å²) in [5.41, 5.74) is 1.42. The molecule has 36 heavy (non-hydrogen) atoms. The molecule has 0 fully saturated rings. The van der Waals surface area contributed by atoms with E-state index in [2.05, 4.69) is 9.97 Å². The Bertz CT molecular complexity index is 1710. The van der Waals surface area contributed by atoms with Crippen molar-refractivity contribution < 1.29 is 19.1 Å². The summed E-state index contributed by atoms with van der Waals surface area (Å²) >= 11 is 0. The quantitative estimate of drug-likeness (QED) is 0.133. The van der Waals surface area contributed by atoms with E-state index in [1.54, 1.807) is 36.7 Å². The predicted molar refractivity (Wildman–Crippen MR) is 139 cm³/mol. The van der Waals surface area contributed by atoms with Crippen molar-refractivity contribution in [1.82, 2.24) is 9.97 Å². The van der Waals surface area contributed by atoms with Gasteiger partial charge >= 0.3 is 11.9 Å². The molecule has 0 N–H and O–H groups in total. The van der Waals surface area contributed by atoms with Gasteiger partial charge in [-0.2, -0.15) is 0 Å². The first-order valence-corrected chi connectivity index (χ1v) is 11.3. The number of benzene rings is 4. The molecule has 0 aliphatic rings. The molecule has 0 aliphatic heterocycles. The van der Waals surface area contributed by atoms with Crippen molar-refractivity contribution >= 4 is 55.3 Å². The summed E-state index contributed by atoms with van der Waals surface area (Å²) in [7, 11) is 0. The van der Waals surface area contributed by atoms with Crippen molar-refractivity contribution in [2.45, 2.75) is 0 Å². The molecule has 0 saturated carbocycles. The van der Waals surface area contributed by atoms with Crippen LogP contribution in [-0.4, -0.2) is 21.9 Å². The van der Waals surface area contributed by atoms with Gasteiger partial charge in [-0.3, -0.25) is 9.97 Å². The van der Waals surface area contributed by atoms with Gasteiger partial charge in [0.2, 0.25) is 0 Å². The Morgan fingerprint density at radius 1 is 0.556 bits per heavy atom. The third kappa shape index (κ3) is 3.91. The molecule has 0 unspecified atom stereocenters. The van der Waals surface area contributed by atoms with E-state index in [1.807, 2.05) is 60.7 Å². The topological polar surface area (TPSA) is 78.4 Å². The van der Waals surface area contributed by atoms with Crippen LogP contribution in [0.1, 0.15) is 0 Å². The highest BCUT2D eigenvalue weighted by atomic mass is 16.5. The molecule has 6 aromatic rings. The van der Waals surface area contributed by atoms with E-state index in [0.717, 1.165) is 44.5 Å². The van der Waals surface area contributed by atoms with Gasteiger partial charge in [-0.25, -0.2) is 9.59 Å². The molecule has 0 bridgehead atoms. The zero-order valence-corrected chi connectivity index (χ0v) is 18.9. The number of pyridine rings is 2. The minimum absolute atomic E-state index is 0.367. The number of hydrogen-bond donors (Lipinski definition) is 0. The van der Waals surface area contributed by atoms with E-state index in [-0.39, 0.29) is 0 Å². The molecule has 6 rings (SSSR count). The smallest absolute Gasteiger partial charge is 0.336 e. The molecular formula is C30H18N2O4. The third-order valence-electron chi connectivity index (χ3n) is 5.93. The van der Waals surface area contributed by atoms with Gasteiger partial charge in [0, 0.05) is 35.3 Å². The largest absolute Gasteiger partial charge is 0.423 e. The first-order chi connectivity index (χ1) is 17.7. The van der Waals surface area contributed by atoms with Crippen LogP contribution in [0.3, 0.4) is 0 Å². The summed E-state index contributed by atoms with van der Waals surface area (Å²) < 4.78 is 11.2. The zero-order chi connectivity index (χ0) is 24.5. The predicted octanol–water partition coefficient (Wildman–Crippen LogP) is 6.16. The molecule has 0 spiro atoms. The van der Waals surface area contributed by atoms with Crippen LogP contribution in [0.25, 0.3) is 43.4 Å². The highest BCUT2D eigenvalue weighted by Gasteiger charge is 2.13. The molecule has 6 nitrogen and oxygen atoms in total. The van der Waals surface area contributed by atoms with Crippen molar-refractivity contribution in [3.8, 4) is 11.5 Å². The molecule has 4 aromatic carbocycles. The number of carbonyl (C=O) groups excluding carboxylic acids is 2. The highest BCUT2D eigenvalue weighted by molar-refractivity contribution is 6.10. The fourth-order valence-corrected chi connectivity index (χ4v) is 4.34. The van der Waals surface area contributed by atoms with Gasteiger partial charge < -0.3 is 9.47 Å². The van der Waals surface area contributed by atoms with Crippen LogP contribution in [0.15, 0.2) is 109 Å². The van der Waals surface area contributed by atoms with Gasteiger partial charge in [0.05, 0.1) is 21.8 Å². The summed E-state index contributed by atoms with van der Waals surface area (Å²) in [6.45, 7) is 0. The van der Waals surface area contributed by atoms with Crippen LogP contribution >= 0.6 is 0 Å². The molecule has 0 radical (unpaired) electrons. The molecule has 0 aliphatic carbocycles. The number of aromatic nitrogens is 2. The molecule has 0 saturated heterocycles. The number of nitrogens with zero attached hydrogens (tertiary/aromatic N) is 2. The minimum atomic E-state index is -0.697. The van der Waals surface area contributed by atoms with Crippen molar-refractivity contribution in [3.05, 3.63) is 109 Å². The molecule has 2 aromatic heterocycles. The monoisotopic (exact) mass is 470 g/mol. The van der Waals surface area contributed by atoms with E-state index >= 15 is 0 Å². The van der Waals surface area contributed by atoms with E-state index < -0.39 is 11.9 Å².